The van der Waals surface area contributed by atoms with Crippen molar-refractivity contribution in [2.45, 2.75) is 6.92 Å². The van der Waals surface area contributed by atoms with Gasteiger partial charge >= 0.3 is 0 Å². The van der Waals surface area contributed by atoms with Gasteiger partial charge in [-0.05, 0) is 25.1 Å². The van der Waals surface area contributed by atoms with Gasteiger partial charge in [-0.15, -0.1) is 11.3 Å². The SMILES string of the molecule is COc1cccc(C(=O)N(C)c2nc(C)cs2)c1. The van der Waals surface area contributed by atoms with Crippen molar-refractivity contribution in [3.05, 3.63) is 40.9 Å². The standard InChI is InChI=1S/C13H14N2O2S/c1-9-8-18-13(14-9)15(2)12(16)10-5-4-6-11(7-10)17-3/h4-8H,1-3H3. The molecule has 0 aliphatic rings. The van der Waals surface area contributed by atoms with Gasteiger partial charge < -0.3 is 4.74 Å². The molecule has 0 fully saturated rings. The Labute approximate surface area is 110 Å². The van der Waals surface area contributed by atoms with E-state index in [9.17, 15) is 4.79 Å². The van der Waals surface area contributed by atoms with Crippen LogP contribution in [0, 0.1) is 6.92 Å². The topological polar surface area (TPSA) is 42.4 Å². The highest BCUT2D eigenvalue weighted by Gasteiger charge is 2.16. The summed E-state index contributed by atoms with van der Waals surface area (Å²) in [5.74, 6) is 0.577. The third-order valence-electron chi connectivity index (χ3n) is 2.52. The predicted octanol–water partition coefficient (Wildman–Crippen LogP) is 2.74. The van der Waals surface area contributed by atoms with E-state index >= 15 is 0 Å². The molecule has 2 rings (SSSR count). The van der Waals surface area contributed by atoms with Gasteiger partial charge in [0, 0.05) is 18.0 Å². The van der Waals surface area contributed by atoms with Crippen LogP contribution in [0.3, 0.4) is 0 Å². The van der Waals surface area contributed by atoms with E-state index in [0.717, 1.165) is 5.69 Å². The number of aromatic nitrogens is 1. The lowest BCUT2D eigenvalue weighted by molar-refractivity contribution is 0.0992. The molecule has 0 aliphatic heterocycles. The highest BCUT2D eigenvalue weighted by molar-refractivity contribution is 7.14. The lowest BCUT2D eigenvalue weighted by Crippen LogP contribution is -2.26. The Kier molecular flexibility index (Phi) is 3.62. The number of rotatable bonds is 3. The molecule has 0 radical (unpaired) electrons. The molecular formula is C13H14N2O2S. The third-order valence-corrected chi connectivity index (χ3v) is 3.55. The summed E-state index contributed by atoms with van der Waals surface area (Å²) >= 11 is 1.45. The summed E-state index contributed by atoms with van der Waals surface area (Å²) < 4.78 is 5.11. The number of carbonyl (C=O) groups excluding carboxylic acids is 1. The molecule has 94 valence electrons. The van der Waals surface area contributed by atoms with E-state index < -0.39 is 0 Å². The fourth-order valence-corrected chi connectivity index (χ4v) is 2.30. The number of benzene rings is 1. The first-order valence-corrected chi connectivity index (χ1v) is 6.34. The third kappa shape index (κ3) is 2.51. The number of amides is 1. The van der Waals surface area contributed by atoms with Gasteiger partial charge in [0.25, 0.3) is 5.91 Å². The summed E-state index contributed by atoms with van der Waals surface area (Å²) in [7, 11) is 3.30. The van der Waals surface area contributed by atoms with Gasteiger partial charge in [0.05, 0.1) is 12.8 Å². The molecule has 18 heavy (non-hydrogen) atoms. The van der Waals surface area contributed by atoms with Gasteiger partial charge in [0.15, 0.2) is 5.13 Å². The van der Waals surface area contributed by atoms with Crippen LogP contribution in [0.15, 0.2) is 29.6 Å². The number of hydrogen-bond acceptors (Lipinski definition) is 4. The molecule has 0 unspecified atom stereocenters. The molecule has 2 aromatic rings. The maximum atomic E-state index is 12.3. The highest BCUT2D eigenvalue weighted by atomic mass is 32.1. The van der Waals surface area contributed by atoms with Crippen LogP contribution in [0.1, 0.15) is 16.1 Å². The largest absolute Gasteiger partial charge is 0.497 e. The van der Waals surface area contributed by atoms with E-state index in [1.807, 2.05) is 18.4 Å². The van der Waals surface area contributed by atoms with Crippen molar-refractivity contribution in [1.82, 2.24) is 4.98 Å². The molecule has 1 aromatic heterocycles. The summed E-state index contributed by atoms with van der Waals surface area (Å²) in [5.41, 5.74) is 1.50. The van der Waals surface area contributed by atoms with Crippen LogP contribution >= 0.6 is 11.3 Å². The van der Waals surface area contributed by atoms with Crippen LogP contribution in [0.4, 0.5) is 5.13 Å². The number of carbonyl (C=O) groups is 1. The molecule has 1 heterocycles. The van der Waals surface area contributed by atoms with Gasteiger partial charge in [-0.25, -0.2) is 4.98 Å². The smallest absolute Gasteiger partial charge is 0.259 e. The van der Waals surface area contributed by atoms with Crippen molar-refractivity contribution >= 4 is 22.4 Å². The number of anilines is 1. The molecule has 5 heteroatoms. The average Bonchev–Trinajstić information content (AvgIpc) is 2.83. The molecule has 1 aromatic carbocycles. The first-order valence-electron chi connectivity index (χ1n) is 5.46. The molecule has 1 amide bonds. The molecule has 0 saturated heterocycles. The van der Waals surface area contributed by atoms with E-state index in [1.165, 1.54) is 11.3 Å². The second kappa shape index (κ2) is 5.18. The zero-order chi connectivity index (χ0) is 13.1. The summed E-state index contributed by atoms with van der Waals surface area (Å²) in [5, 5.41) is 2.62. The maximum absolute atomic E-state index is 12.3. The lowest BCUT2D eigenvalue weighted by Gasteiger charge is -2.14. The predicted molar refractivity (Wildman–Crippen MR) is 72.6 cm³/mol. The summed E-state index contributed by atoms with van der Waals surface area (Å²) in [6.45, 7) is 1.91. The Balaban J connectivity index is 2.25. The number of ether oxygens (including phenoxy) is 1. The molecule has 0 N–H and O–H groups in total. The van der Waals surface area contributed by atoms with Gasteiger partial charge in [-0.1, -0.05) is 6.07 Å². The number of aryl methyl sites for hydroxylation is 1. The highest BCUT2D eigenvalue weighted by Crippen LogP contribution is 2.21. The van der Waals surface area contributed by atoms with Crippen LogP contribution in [-0.2, 0) is 0 Å². The monoisotopic (exact) mass is 262 g/mol. The number of nitrogens with zero attached hydrogens (tertiary/aromatic N) is 2. The minimum Gasteiger partial charge on any atom is -0.497 e. The van der Waals surface area contributed by atoms with Crippen molar-refractivity contribution in [2.24, 2.45) is 0 Å². The van der Waals surface area contributed by atoms with Crippen molar-refractivity contribution in [3.8, 4) is 5.75 Å². The van der Waals surface area contributed by atoms with Gasteiger partial charge in [0.2, 0.25) is 0 Å². The van der Waals surface area contributed by atoms with E-state index in [-0.39, 0.29) is 5.91 Å². The Bertz CT molecular complexity index is 566. The molecule has 0 bridgehead atoms. The van der Waals surface area contributed by atoms with Crippen LogP contribution in [0.5, 0.6) is 5.75 Å². The molecule has 0 atom stereocenters. The Morgan fingerprint density at radius 3 is 2.83 bits per heavy atom. The molecule has 0 spiro atoms. The van der Waals surface area contributed by atoms with Crippen molar-refractivity contribution in [2.75, 3.05) is 19.1 Å². The second-order valence-corrected chi connectivity index (χ2v) is 4.70. The van der Waals surface area contributed by atoms with Gasteiger partial charge in [-0.2, -0.15) is 0 Å². The minimum atomic E-state index is -0.0942. The van der Waals surface area contributed by atoms with Crippen molar-refractivity contribution in [3.63, 3.8) is 0 Å². The first-order chi connectivity index (χ1) is 8.61. The second-order valence-electron chi connectivity index (χ2n) is 3.87. The average molecular weight is 262 g/mol. The maximum Gasteiger partial charge on any atom is 0.259 e. The zero-order valence-corrected chi connectivity index (χ0v) is 11.3. The Hall–Kier alpha value is -1.88. The molecule has 0 aliphatic carbocycles. The molecule has 4 nitrogen and oxygen atoms in total. The Morgan fingerprint density at radius 1 is 1.44 bits per heavy atom. The first kappa shape index (κ1) is 12.6. The molecule has 0 saturated carbocycles. The minimum absolute atomic E-state index is 0.0942. The van der Waals surface area contributed by atoms with Crippen LogP contribution in [0.2, 0.25) is 0 Å². The van der Waals surface area contributed by atoms with E-state index in [0.29, 0.717) is 16.4 Å². The summed E-state index contributed by atoms with van der Waals surface area (Å²) in [6.07, 6.45) is 0. The van der Waals surface area contributed by atoms with E-state index in [2.05, 4.69) is 4.98 Å². The number of thiazole rings is 1. The fourth-order valence-electron chi connectivity index (χ4n) is 1.53. The van der Waals surface area contributed by atoms with E-state index in [4.69, 9.17) is 4.74 Å². The van der Waals surface area contributed by atoms with Crippen LogP contribution < -0.4 is 9.64 Å². The van der Waals surface area contributed by atoms with Crippen LogP contribution in [0.25, 0.3) is 0 Å². The van der Waals surface area contributed by atoms with Crippen molar-refractivity contribution in [1.29, 1.82) is 0 Å². The van der Waals surface area contributed by atoms with Gasteiger partial charge in [-0.3, -0.25) is 9.69 Å². The van der Waals surface area contributed by atoms with Crippen molar-refractivity contribution < 1.29 is 9.53 Å². The van der Waals surface area contributed by atoms with E-state index in [1.54, 1.807) is 37.3 Å². The zero-order valence-electron chi connectivity index (χ0n) is 10.5. The quantitative estimate of drug-likeness (QED) is 0.854. The van der Waals surface area contributed by atoms with Crippen LogP contribution in [-0.4, -0.2) is 25.0 Å². The summed E-state index contributed by atoms with van der Waals surface area (Å²) in [4.78, 5) is 18.1. The number of methoxy groups -OCH3 is 1. The normalized spacial score (nSPS) is 10.2. The number of hydrogen-bond donors (Lipinski definition) is 0. The lowest BCUT2D eigenvalue weighted by atomic mass is 10.2. The fraction of sp³-hybridized carbons (Fsp3) is 0.231. The Morgan fingerprint density at radius 2 is 2.22 bits per heavy atom. The molecular weight excluding hydrogens is 248 g/mol. The summed E-state index contributed by atoms with van der Waals surface area (Å²) in [6, 6.07) is 7.10. The van der Waals surface area contributed by atoms with Gasteiger partial charge in [0.1, 0.15) is 5.75 Å².